The summed E-state index contributed by atoms with van der Waals surface area (Å²) in [6, 6.07) is 8.46. The molecule has 25 nitrogen and oxygen atoms in total. The van der Waals surface area contributed by atoms with E-state index in [0.29, 0.717) is 91.0 Å². The summed E-state index contributed by atoms with van der Waals surface area (Å²) in [4.78, 5) is 118. The van der Waals surface area contributed by atoms with Gasteiger partial charge in [-0.25, -0.2) is 14.4 Å². The van der Waals surface area contributed by atoms with Crippen LogP contribution in [-0.2, 0) is 44.8 Å². The first kappa shape index (κ1) is 60.0. The third-order valence-corrected chi connectivity index (χ3v) is 13.2. The number of nitrogens with zero attached hydrogens (tertiary/aromatic N) is 4. The van der Waals surface area contributed by atoms with E-state index in [1.165, 1.54) is 0 Å². The quantitative estimate of drug-likeness (QED) is 0.0371. The summed E-state index contributed by atoms with van der Waals surface area (Å²) < 4.78 is 0. The molecule has 4 rings (SSSR count). The molecule has 1 heterocycles. The zero-order valence-electron chi connectivity index (χ0n) is 41.6. The molecule has 2 fully saturated rings. The molecule has 0 radical (unpaired) electrons. The Morgan fingerprint density at radius 1 is 0.568 bits per heavy atom. The minimum absolute atomic E-state index is 0.0167. The molecule has 12 N–H and O–H groups in total. The lowest BCUT2D eigenvalue weighted by molar-refractivity contribution is -0.141. The van der Waals surface area contributed by atoms with Gasteiger partial charge in [0.25, 0.3) is 0 Å². The number of unbranched alkanes of at least 4 members (excludes halogenated alkanes) is 1. The lowest BCUT2D eigenvalue weighted by Gasteiger charge is -2.33. The highest BCUT2D eigenvalue weighted by Gasteiger charge is 2.31. The molecule has 74 heavy (non-hydrogen) atoms. The summed E-state index contributed by atoms with van der Waals surface area (Å²) in [5.41, 5.74) is 0.806. The van der Waals surface area contributed by atoms with Gasteiger partial charge < -0.3 is 62.3 Å². The average Bonchev–Trinajstić information content (AvgIpc) is 3.34. The SMILES string of the molecule is O=C(O)CCC(NC(=O)NC(CCCCNC(=O)C(Cc1ccc2ccccc2c1)NC(=O)C1CCC(CNC(=O)CN2CCN(CC(=O)O)CCN(CC(O)O)CCN(CC(=O)O)CC2)CC1)C(=O)O)C(=O)O. The number of aliphatic hydroxyl groups is 2. The molecule has 5 amide bonds. The van der Waals surface area contributed by atoms with E-state index in [4.69, 9.17) is 5.11 Å². The minimum Gasteiger partial charge on any atom is -0.481 e. The summed E-state index contributed by atoms with van der Waals surface area (Å²) in [7, 11) is 0. The van der Waals surface area contributed by atoms with Gasteiger partial charge in [0.2, 0.25) is 17.7 Å². The summed E-state index contributed by atoms with van der Waals surface area (Å²) in [6.07, 6.45) is 0.324. The number of fused-ring (bicyclic) bond motifs is 1. The zero-order valence-corrected chi connectivity index (χ0v) is 41.6. The van der Waals surface area contributed by atoms with Crippen LogP contribution in [0, 0.1) is 11.8 Å². The first-order valence-corrected chi connectivity index (χ1v) is 25.0. The van der Waals surface area contributed by atoms with Crippen LogP contribution in [0.3, 0.4) is 0 Å². The predicted octanol–water partition coefficient (Wildman–Crippen LogP) is -1.15. The van der Waals surface area contributed by atoms with Gasteiger partial charge in [-0.05, 0) is 73.6 Å². The molecule has 2 aromatic carbocycles. The zero-order chi connectivity index (χ0) is 54.2. The summed E-state index contributed by atoms with van der Waals surface area (Å²) in [5, 5.41) is 81.2. The van der Waals surface area contributed by atoms with Gasteiger partial charge in [-0.1, -0.05) is 42.5 Å². The van der Waals surface area contributed by atoms with Crippen LogP contribution < -0.4 is 26.6 Å². The van der Waals surface area contributed by atoms with Gasteiger partial charge in [0.15, 0.2) is 6.29 Å². The Balaban J connectivity index is 1.30. The number of urea groups is 1. The fraction of sp³-hybridized carbons (Fsp3) is 0.612. The molecular formula is C49H73N9O16. The second-order valence-electron chi connectivity index (χ2n) is 19.0. The number of carboxylic acid groups (broad SMARTS) is 5. The van der Waals surface area contributed by atoms with E-state index in [1.54, 1.807) is 14.7 Å². The topological polar surface area (TPSA) is 368 Å². The lowest BCUT2D eigenvalue weighted by atomic mass is 9.81. The molecule has 1 aliphatic carbocycles. The van der Waals surface area contributed by atoms with Crippen molar-refractivity contribution in [3.05, 3.63) is 48.0 Å². The lowest BCUT2D eigenvalue weighted by Crippen LogP contribution is -2.51. The number of carbonyl (C=O) groups is 9. The third kappa shape index (κ3) is 22.7. The van der Waals surface area contributed by atoms with E-state index in [9.17, 15) is 73.8 Å². The first-order valence-electron chi connectivity index (χ1n) is 25.0. The Bertz CT molecular complexity index is 2180. The average molecular weight is 1040 g/mol. The van der Waals surface area contributed by atoms with Crippen molar-refractivity contribution in [2.45, 2.75) is 88.6 Å². The number of hydrogen-bond donors (Lipinski definition) is 12. The second-order valence-corrected chi connectivity index (χ2v) is 19.0. The Hall–Kier alpha value is -6.51. The van der Waals surface area contributed by atoms with E-state index in [1.807, 2.05) is 47.4 Å². The molecule has 1 aliphatic heterocycles. The number of benzene rings is 2. The Kier molecular flexibility index (Phi) is 25.4. The molecule has 410 valence electrons. The predicted molar refractivity (Wildman–Crippen MR) is 266 cm³/mol. The van der Waals surface area contributed by atoms with Crippen molar-refractivity contribution < 1.29 is 78.9 Å². The number of nitrogens with one attached hydrogen (secondary N) is 5. The maximum absolute atomic E-state index is 13.8. The van der Waals surface area contributed by atoms with Gasteiger partial charge in [-0.3, -0.25) is 48.4 Å². The number of carbonyl (C=O) groups excluding carboxylic acids is 4. The molecule has 3 unspecified atom stereocenters. The maximum atomic E-state index is 13.8. The van der Waals surface area contributed by atoms with Gasteiger partial charge in [0, 0.05) is 90.8 Å². The summed E-state index contributed by atoms with van der Waals surface area (Å²) in [6.45, 7) is 2.27. The van der Waals surface area contributed by atoms with Gasteiger partial charge in [-0.2, -0.15) is 0 Å². The standard InChI is InChI=1S/C49H73N9O16/c59-40(28-55-17-19-56(29-42(62)63)21-23-58(31-44(66)67)24-22-57(20-18-55)30-43(64)65)51-27-32-8-12-35(13-9-32)45(68)52-39(26-33-10-11-34-5-1-2-6-36(34)25-33)46(69)50-16-4-3-7-37(47(70)71)53-49(74)54-38(48(72)73)14-15-41(60)61/h1-2,5-6,10-11,25,32,35,37-39,44,66-67H,3-4,7-9,12-24,26-31H2,(H,50,69)(H,51,59)(H,52,68)(H,60,61)(H,62,63)(H,64,65)(H,70,71)(H,72,73)(H2,53,54,74). The normalized spacial score (nSPS) is 18.9. The number of aliphatic carboxylic acids is 5. The second kappa shape index (κ2) is 31.3. The number of β-amino-alcohol motifs (C(OH)–C–C–N with tert-alkyl or cyclic N) is 2. The number of aliphatic hydroxyl groups excluding tert-OH is 1. The Morgan fingerprint density at radius 2 is 1.11 bits per heavy atom. The highest BCUT2D eigenvalue weighted by atomic mass is 16.5. The number of rotatable bonds is 27. The van der Waals surface area contributed by atoms with E-state index in [0.717, 1.165) is 16.3 Å². The van der Waals surface area contributed by atoms with Crippen LogP contribution in [0.15, 0.2) is 42.5 Å². The van der Waals surface area contributed by atoms with Crippen LogP contribution in [0.5, 0.6) is 0 Å². The summed E-state index contributed by atoms with van der Waals surface area (Å²) in [5.74, 6) is -7.54. The summed E-state index contributed by atoms with van der Waals surface area (Å²) >= 11 is 0. The van der Waals surface area contributed by atoms with Gasteiger partial charge in [0.1, 0.15) is 18.1 Å². The van der Waals surface area contributed by atoms with Crippen LogP contribution >= 0.6 is 0 Å². The molecule has 0 spiro atoms. The van der Waals surface area contributed by atoms with Crippen LogP contribution in [-0.4, -0.2) is 225 Å². The largest absolute Gasteiger partial charge is 0.481 e. The molecule has 1 saturated heterocycles. The van der Waals surface area contributed by atoms with Crippen molar-refractivity contribution in [2.24, 2.45) is 11.8 Å². The van der Waals surface area contributed by atoms with Crippen LogP contribution in [0.4, 0.5) is 4.79 Å². The monoisotopic (exact) mass is 1040 g/mol. The van der Waals surface area contributed by atoms with E-state index in [-0.39, 0.29) is 69.7 Å². The number of amides is 5. The van der Waals surface area contributed by atoms with Crippen molar-refractivity contribution in [3.8, 4) is 0 Å². The molecule has 1 saturated carbocycles. The van der Waals surface area contributed by atoms with E-state index < -0.39 is 85.0 Å². The third-order valence-electron chi connectivity index (χ3n) is 13.2. The highest BCUT2D eigenvalue weighted by Crippen LogP contribution is 2.29. The molecule has 0 aromatic heterocycles. The van der Waals surface area contributed by atoms with Crippen molar-refractivity contribution >= 4 is 64.4 Å². The number of hydrogen-bond acceptors (Lipinski definition) is 15. The van der Waals surface area contributed by atoms with Gasteiger partial charge in [-0.15, -0.1) is 0 Å². The molecule has 25 heteroatoms. The highest BCUT2D eigenvalue weighted by molar-refractivity contribution is 5.89. The van der Waals surface area contributed by atoms with Crippen LogP contribution in [0.2, 0.25) is 0 Å². The Labute approximate surface area is 428 Å². The fourth-order valence-corrected chi connectivity index (χ4v) is 9.04. The van der Waals surface area contributed by atoms with Crippen molar-refractivity contribution in [2.75, 3.05) is 91.6 Å². The van der Waals surface area contributed by atoms with Crippen molar-refractivity contribution in [1.29, 1.82) is 0 Å². The van der Waals surface area contributed by atoms with E-state index in [2.05, 4.69) is 26.6 Å². The van der Waals surface area contributed by atoms with E-state index >= 15 is 0 Å². The van der Waals surface area contributed by atoms with Gasteiger partial charge >= 0.3 is 35.9 Å². The molecule has 2 aromatic rings. The van der Waals surface area contributed by atoms with Crippen LogP contribution in [0.1, 0.15) is 63.4 Å². The van der Waals surface area contributed by atoms with Crippen molar-refractivity contribution in [3.63, 3.8) is 0 Å². The minimum atomic E-state index is -1.62. The molecule has 3 atom stereocenters. The maximum Gasteiger partial charge on any atom is 0.326 e. The molecule has 0 bridgehead atoms. The molecular weight excluding hydrogens is 971 g/mol. The van der Waals surface area contributed by atoms with Crippen molar-refractivity contribution in [1.82, 2.24) is 46.2 Å². The molecule has 2 aliphatic rings. The smallest absolute Gasteiger partial charge is 0.326 e. The van der Waals surface area contributed by atoms with Gasteiger partial charge in [0.05, 0.1) is 19.6 Å². The fourth-order valence-electron chi connectivity index (χ4n) is 9.04. The Morgan fingerprint density at radius 3 is 1.65 bits per heavy atom. The van der Waals surface area contributed by atoms with Crippen LogP contribution in [0.25, 0.3) is 10.8 Å². The first-order chi connectivity index (χ1) is 35.2. The number of carboxylic acids is 5.